The molecule has 2 N–H and O–H groups in total. The highest BCUT2D eigenvalue weighted by atomic mass is 15.3. The predicted octanol–water partition coefficient (Wildman–Crippen LogP) is 2.42. The van der Waals surface area contributed by atoms with Gasteiger partial charge in [-0.3, -0.25) is 4.90 Å². The van der Waals surface area contributed by atoms with Crippen molar-refractivity contribution in [3.8, 4) is 0 Å². The molecule has 0 spiro atoms. The van der Waals surface area contributed by atoms with Crippen LogP contribution in [0, 0.1) is 0 Å². The number of fused-ring (bicyclic) bond motifs is 1. The van der Waals surface area contributed by atoms with Crippen LogP contribution in [0.25, 0.3) is 0 Å². The summed E-state index contributed by atoms with van der Waals surface area (Å²) < 4.78 is 0. The van der Waals surface area contributed by atoms with Crippen LogP contribution in [0.5, 0.6) is 0 Å². The van der Waals surface area contributed by atoms with Gasteiger partial charge in [-0.1, -0.05) is 25.5 Å². The SMILES string of the molecule is CCCCN1CCN(c2cccc3c2C[C@H](N)CC3)CC1. The van der Waals surface area contributed by atoms with E-state index in [0.717, 1.165) is 32.4 Å². The van der Waals surface area contributed by atoms with E-state index in [-0.39, 0.29) is 0 Å². The van der Waals surface area contributed by atoms with Crippen molar-refractivity contribution in [1.29, 1.82) is 0 Å². The lowest BCUT2D eigenvalue weighted by Gasteiger charge is -2.38. The number of nitrogens with zero attached hydrogens (tertiary/aromatic N) is 2. The first-order valence-electron chi connectivity index (χ1n) is 8.61. The van der Waals surface area contributed by atoms with Crippen LogP contribution in [0.4, 0.5) is 5.69 Å². The summed E-state index contributed by atoms with van der Waals surface area (Å²) in [5, 5.41) is 0. The number of anilines is 1. The summed E-state index contributed by atoms with van der Waals surface area (Å²) in [6.07, 6.45) is 5.98. The average molecular weight is 287 g/mol. The Morgan fingerprint density at radius 3 is 2.76 bits per heavy atom. The number of piperazine rings is 1. The average Bonchev–Trinajstić information content (AvgIpc) is 2.53. The van der Waals surface area contributed by atoms with E-state index in [2.05, 4.69) is 34.9 Å². The summed E-state index contributed by atoms with van der Waals surface area (Å²) in [5.74, 6) is 0. The Balaban J connectivity index is 1.68. The quantitative estimate of drug-likeness (QED) is 0.923. The first-order valence-corrected chi connectivity index (χ1v) is 8.61. The fourth-order valence-electron chi connectivity index (χ4n) is 3.69. The van der Waals surface area contributed by atoms with Gasteiger partial charge in [-0.2, -0.15) is 0 Å². The van der Waals surface area contributed by atoms with Crippen LogP contribution >= 0.6 is 0 Å². The van der Waals surface area contributed by atoms with Gasteiger partial charge in [-0.25, -0.2) is 0 Å². The zero-order valence-electron chi connectivity index (χ0n) is 13.4. The molecular weight excluding hydrogens is 258 g/mol. The Morgan fingerprint density at radius 2 is 2.00 bits per heavy atom. The topological polar surface area (TPSA) is 32.5 Å². The number of benzene rings is 1. The number of hydrogen-bond acceptors (Lipinski definition) is 3. The maximum atomic E-state index is 6.20. The van der Waals surface area contributed by atoms with Crippen molar-refractivity contribution in [2.75, 3.05) is 37.6 Å². The Morgan fingerprint density at radius 1 is 1.19 bits per heavy atom. The fraction of sp³-hybridized carbons (Fsp3) is 0.667. The Hall–Kier alpha value is -1.06. The van der Waals surface area contributed by atoms with Crippen molar-refractivity contribution in [2.24, 2.45) is 5.73 Å². The molecule has 1 atom stereocenters. The fourth-order valence-corrected chi connectivity index (χ4v) is 3.69. The molecule has 3 heteroatoms. The van der Waals surface area contributed by atoms with E-state index < -0.39 is 0 Å². The van der Waals surface area contributed by atoms with E-state index in [0.29, 0.717) is 6.04 Å². The normalized spacial score (nSPS) is 23.1. The van der Waals surface area contributed by atoms with Gasteiger partial charge in [-0.05, 0) is 49.4 Å². The predicted molar refractivity (Wildman–Crippen MR) is 90.0 cm³/mol. The smallest absolute Gasteiger partial charge is 0.0403 e. The van der Waals surface area contributed by atoms with Gasteiger partial charge < -0.3 is 10.6 Å². The van der Waals surface area contributed by atoms with E-state index in [9.17, 15) is 0 Å². The standard InChI is InChI=1S/C18H29N3/c1-2-3-9-20-10-12-21(13-11-20)18-6-4-5-15-7-8-16(19)14-17(15)18/h4-6,16H,2-3,7-14,19H2,1H3/t16-/m1/s1. The van der Waals surface area contributed by atoms with Gasteiger partial charge in [0.25, 0.3) is 0 Å². The van der Waals surface area contributed by atoms with E-state index in [4.69, 9.17) is 5.73 Å². The van der Waals surface area contributed by atoms with E-state index in [1.807, 2.05) is 0 Å². The zero-order chi connectivity index (χ0) is 14.7. The van der Waals surface area contributed by atoms with Crippen LogP contribution in [0.15, 0.2) is 18.2 Å². The molecule has 0 saturated carbocycles. The molecule has 1 fully saturated rings. The van der Waals surface area contributed by atoms with Crippen molar-refractivity contribution in [3.63, 3.8) is 0 Å². The van der Waals surface area contributed by atoms with Crippen LogP contribution in [0.2, 0.25) is 0 Å². The van der Waals surface area contributed by atoms with Crippen LogP contribution in [-0.4, -0.2) is 43.7 Å². The molecule has 0 amide bonds. The van der Waals surface area contributed by atoms with Crippen LogP contribution in [-0.2, 0) is 12.8 Å². The first-order chi connectivity index (χ1) is 10.3. The number of rotatable bonds is 4. The van der Waals surface area contributed by atoms with Crippen LogP contribution < -0.4 is 10.6 Å². The highest BCUT2D eigenvalue weighted by molar-refractivity contribution is 5.58. The largest absolute Gasteiger partial charge is 0.369 e. The summed E-state index contributed by atoms with van der Waals surface area (Å²) in [6.45, 7) is 8.27. The minimum Gasteiger partial charge on any atom is -0.369 e. The lowest BCUT2D eigenvalue weighted by atomic mass is 9.87. The van der Waals surface area contributed by atoms with E-state index in [1.54, 1.807) is 0 Å². The molecule has 3 rings (SSSR count). The third-order valence-electron chi connectivity index (χ3n) is 5.04. The van der Waals surface area contributed by atoms with Gasteiger partial charge in [0.05, 0.1) is 0 Å². The molecule has 1 aromatic rings. The van der Waals surface area contributed by atoms with E-state index >= 15 is 0 Å². The van der Waals surface area contributed by atoms with Gasteiger partial charge in [-0.15, -0.1) is 0 Å². The molecule has 1 aromatic carbocycles. The lowest BCUT2D eigenvalue weighted by molar-refractivity contribution is 0.254. The molecule has 116 valence electrons. The molecule has 2 aliphatic rings. The van der Waals surface area contributed by atoms with Gasteiger partial charge >= 0.3 is 0 Å². The summed E-state index contributed by atoms with van der Waals surface area (Å²) in [5.41, 5.74) is 10.7. The zero-order valence-corrected chi connectivity index (χ0v) is 13.4. The number of nitrogens with two attached hydrogens (primary N) is 1. The number of aryl methyl sites for hydroxylation is 1. The third kappa shape index (κ3) is 3.41. The Bertz CT molecular complexity index is 464. The van der Waals surface area contributed by atoms with Crippen molar-refractivity contribution < 1.29 is 0 Å². The molecule has 1 aliphatic carbocycles. The van der Waals surface area contributed by atoms with Crippen molar-refractivity contribution in [2.45, 2.75) is 45.1 Å². The van der Waals surface area contributed by atoms with Crippen LogP contribution in [0.1, 0.15) is 37.3 Å². The summed E-state index contributed by atoms with van der Waals surface area (Å²) in [6, 6.07) is 7.18. The lowest BCUT2D eigenvalue weighted by Crippen LogP contribution is -2.47. The van der Waals surface area contributed by atoms with Gasteiger partial charge in [0, 0.05) is 37.9 Å². The summed E-state index contributed by atoms with van der Waals surface area (Å²) in [4.78, 5) is 5.19. The van der Waals surface area contributed by atoms with Crippen molar-refractivity contribution in [1.82, 2.24) is 4.90 Å². The molecule has 21 heavy (non-hydrogen) atoms. The molecular formula is C18H29N3. The molecule has 0 unspecified atom stereocenters. The highest BCUT2D eigenvalue weighted by Gasteiger charge is 2.23. The molecule has 0 radical (unpaired) electrons. The molecule has 3 nitrogen and oxygen atoms in total. The monoisotopic (exact) mass is 287 g/mol. The molecule has 1 saturated heterocycles. The van der Waals surface area contributed by atoms with Crippen molar-refractivity contribution >= 4 is 5.69 Å². The number of unbranched alkanes of at least 4 members (excludes halogenated alkanes) is 1. The maximum absolute atomic E-state index is 6.20. The summed E-state index contributed by atoms with van der Waals surface area (Å²) in [7, 11) is 0. The molecule has 1 aliphatic heterocycles. The third-order valence-corrected chi connectivity index (χ3v) is 5.04. The van der Waals surface area contributed by atoms with Crippen LogP contribution in [0.3, 0.4) is 0 Å². The minimum atomic E-state index is 0.351. The van der Waals surface area contributed by atoms with Crippen molar-refractivity contribution in [3.05, 3.63) is 29.3 Å². The molecule has 1 heterocycles. The second kappa shape index (κ2) is 6.80. The highest BCUT2D eigenvalue weighted by Crippen LogP contribution is 2.30. The first kappa shape index (κ1) is 14.9. The second-order valence-electron chi connectivity index (χ2n) is 6.60. The van der Waals surface area contributed by atoms with Gasteiger partial charge in [0.1, 0.15) is 0 Å². The minimum absolute atomic E-state index is 0.351. The molecule has 0 bridgehead atoms. The molecule has 0 aromatic heterocycles. The number of hydrogen-bond donors (Lipinski definition) is 1. The van der Waals surface area contributed by atoms with Gasteiger partial charge in [0.2, 0.25) is 0 Å². The summed E-state index contributed by atoms with van der Waals surface area (Å²) >= 11 is 0. The second-order valence-corrected chi connectivity index (χ2v) is 6.60. The Kier molecular flexibility index (Phi) is 4.81. The Labute approximate surface area is 129 Å². The maximum Gasteiger partial charge on any atom is 0.0403 e. The van der Waals surface area contributed by atoms with E-state index in [1.165, 1.54) is 49.3 Å². The van der Waals surface area contributed by atoms with Gasteiger partial charge in [0.15, 0.2) is 0 Å².